The van der Waals surface area contributed by atoms with E-state index in [4.69, 9.17) is 0 Å². The number of anilines is 1. The molecule has 3 rings (SSSR count). The van der Waals surface area contributed by atoms with Crippen LogP contribution in [0.5, 0.6) is 0 Å². The summed E-state index contributed by atoms with van der Waals surface area (Å²) in [5.74, 6) is -1.33. The number of aromatic nitrogens is 1. The molecule has 0 spiro atoms. The van der Waals surface area contributed by atoms with Crippen LogP contribution in [0.3, 0.4) is 0 Å². The second kappa shape index (κ2) is 6.36. The van der Waals surface area contributed by atoms with E-state index in [1.54, 1.807) is 6.07 Å². The van der Waals surface area contributed by atoms with Crippen molar-refractivity contribution in [1.82, 2.24) is 10.3 Å². The fourth-order valence-corrected chi connectivity index (χ4v) is 2.40. The van der Waals surface area contributed by atoms with Crippen molar-refractivity contribution < 1.29 is 9.59 Å². The predicted octanol–water partition coefficient (Wildman–Crippen LogP) is 2.73. The lowest BCUT2D eigenvalue weighted by Gasteiger charge is -2.07. The molecular formula is C18H17N3O2. The number of aromatic amines is 1. The number of benzene rings is 2. The lowest BCUT2D eigenvalue weighted by molar-refractivity contribution is -0.136. The number of amides is 2. The van der Waals surface area contributed by atoms with Crippen molar-refractivity contribution in [3.63, 3.8) is 0 Å². The van der Waals surface area contributed by atoms with Crippen LogP contribution in [-0.4, -0.2) is 16.8 Å². The number of carbonyl (C=O) groups excluding carboxylic acids is 2. The van der Waals surface area contributed by atoms with Crippen LogP contribution in [0.2, 0.25) is 0 Å². The van der Waals surface area contributed by atoms with Crippen molar-refractivity contribution in [2.45, 2.75) is 13.5 Å². The summed E-state index contributed by atoms with van der Waals surface area (Å²) in [5, 5.41) is 6.21. The highest BCUT2D eigenvalue weighted by molar-refractivity contribution is 6.39. The summed E-state index contributed by atoms with van der Waals surface area (Å²) in [6, 6.07) is 16.9. The Morgan fingerprint density at radius 1 is 1.00 bits per heavy atom. The lowest BCUT2D eigenvalue weighted by atomic mass is 10.2. The average molecular weight is 307 g/mol. The van der Waals surface area contributed by atoms with Gasteiger partial charge in [0.15, 0.2) is 0 Å². The van der Waals surface area contributed by atoms with Crippen LogP contribution >= 0.6 is 0 Å². The van der Waals surface area contributed by atoms with Crippen LogP contribution < -0.4 is 10.6 Å². The molecule has 0 unspecified atom stereocenters. The standard InChI is InChI=1S/C18H17N3O2/c1-12-9-14-10-15(7-8-16(14)20-12)21-18(23)17(22)19-11-13-5-3-2-4-6-13/h2-10,20H,11H2,1H3,(H,19,22)(H,21,23). The first-order valence-corrected chi connectivity index (χ1v) is 7.34. The Hall–Kier alpha value is -3.08. The number of hydrogen-bond acceptors (Lipinski definition) is 2. The van der Waals surface area contributed by atoms with Crippen molar-refractivity contribution in [1.29, 1.82) is 0 Å². The monoisotopic (exact) mass is 307 g/mol. The molecule has 0 saturated carbocycles. The predicted molar refractivity (Wildman–Crippen MR) is 90.0 cm³/mol. The summed E-state index contributed by atoms with van der Waals surface area (Å²) in [7, 11) is 0. The third-order valence-corrected chi connectivity index (χ3v) is 3.52. The minimum Gasteiger partial charge on any atom is -0.359 e. The molecule has 0 fully saturated rings. The Morgan fingerprint density at radius 2 is 1.78 bits per heavy atom. The number of nitrogens with one attached hydrogen (secondary N) is 3. The second-order valence-electron chi connectivity index (χ2n) is 5.38. The highest BCUT2D eigenvalue weighted by Crippen LogP contribution is 2.19. The van der Waals surface area contributed by atoms with Gasteiger partial charge in [-0.1, -0.05) is 30.3 Å². The molecule has 23 heavy (non-hydrogen) atoms. The maximum absolute atomic E-state index is 11.9. The first kappa shape index (κ1) is 14.8. The zero-order valence-electron chi connectivity index (χ0n) is 12.7. The molecule has 0 bridgehead atoms. The largest absolute Gasteiger partial charge is 0.359 e. The van der Waals surface area contributed by atoms with Gasteiger partial charge in [-0.3, -0.25) is 9.59 Å². The second-order valence-corrected chi connectivity index (χ2v) is 5.38. The molecular weight excluding hydrogens is 290 g/mol. The van der Waals surface area contributed by atoms with Crippen LogP contribution in [0.25, 0.3) is 10.9 Å². The van der Waals surface area contributed by atoms with Gasteiger partial charge in [-0.25, -0.2) is 0 Å². The van der Waals surface area contributed by atoms with Crippen molar-refractivity contribution in [2.75, 3.05) is 5.32 Å². The van der Waals surface area contributed by atoms with Crippen molar-refractivity contribution in [2.24, 2.45) is 0 Å². The van der Waals surface area contributed by atoms with Crippen LogP contribution in [0.15, 0.2) is 54.6 Å². The first-order chi connectivity index (χ1) is 11.1. The Morgan fingerprint density at radius 3 is 2.57 bits per heavy atom. The van der Waals surface area contributed by atoms with E-state index in [1.807, 2.05) is 55.5 Å². The Balaban J connectivity index is 1.61. The minimum atomic E-state index is -0.674. The maximum atomic E-state index is 11.9. The van der Waals surface area contributed by atoms with E-state index in [9.17, 15) is 9.59 Å². The summed E-state index contributed by atoms with van der Waals surface area (Å²) in [6.45, 7) is 2.29. The molecule has 0 aliphatic carbocycles. The van der Waals surface area contributed by atoms with Crippen LogP contribution in [0.4, 0.5) is 5.69 Å². The number of aryl methyl sites for hydroxylation is 1. The Labute approximate surface area is 133 Å². The molecule has 2 amide bonds. The van der Waals surface area contributed by atoms with E-state index in [2.05, 4.69) is 15.6 Å². The van der Waals surface area contributed by atoms with Gasteiger partial charge in [0.2, 0.25) is 0 Å². The minimum absolute atomic E-state index is 0.323. The van der Waals surface area contributed by atoms with Gasteiger partial charge in [-0.05, 0) is 36.8 Å². The van der Waals surface area contributed by atoms with E-state index >= 15 is 0 Å². The molecule has 0 saturated heterocycles. The number of carbonyl (C=O) groups is 2. The molecule has 3 aromatic rings. The van der Waals surface area contributed by atoms with Crippen LogP contribution in [-0.2, 0) is 16.1 Å². The smallest absolute Gasteiger partial charge is 0.313 e. The van der Waals surface area contributed by atoms with Gasteiger partial charge in [0.1, 0.15) is 0 Å². The molecule has 3 N–H and O–H groups in total. The highest BCUT2D eigenvalue weighted by atomic mass is 16.2. The molecule has 0 aliphatic rings. The van der Waals surface area contributed by atoms with Gasteiger partial charge in [0.25, 0.3) is 0 Å². The summed E-state index contributed by atoms with van der Waals surface area (Å²) in [4.78, 5) is 27.0. The van der Waals surface area contributed by atoms with Crippen LogP contribution in [0, 0.1) is 6.92 Å². The lowest BCUT2D eigenvalue weighted by Crippen LogP contribution is -2.34. The van der Waals surface area contributed by atoms with E-state index in [-0.39, 0.29) is 0 Å². The topological polar surface area (TPSA) is 74.0 Å². The van der Waals surface area contributed by atoms with Gasteiger partial charge in [0, 0.05) is 28.8 Å². The van der Waals surface area contributed by atoms with E-state index in [0.29, 0.717) is 12.2 Å². The first-order valence-electron chi connectivity index (χ1n) is 7.34. The van der Waals surface area contributed by atoms with Gasteiger partial charge in [-0.2, -0.15) is 0 Å². The van der Waals surface area contributed by atoms with Crippen molar-refractivity contribution in [3.8, 4) is 0 Å². The maximum Gasteiger partial charge on any atom is 0.313 e. The summed E-state index contributed by atoms with van der Waals surface area (Å²) < 4.78 is 0. The number of H-pyrrole nitrogens is 1. The molecule has 0 radical (unpaired) electrons. The molecule has 0 atom stereocenters. The van der Waals surface area contributed by atoms with E-state index < -0.39 is 11.8 Å². The third kappa shape index (κ3) is 3.58. The number of rotatable bonds is 3. The molecule has 1 aromatic heterocycles. The number of fused-ring (bicyclic) bond motifs is 1. The molecule has 1 heterocycles. The Bertz CT molecular complexity index is 853. The van der Waals surface area contributed by atoms with E-state index in [0.717, 1.165) is 22.2 Å². The average Bonchev–Trinajstić information content (AvgIpc) is 2.92. The van der Waals surface area contributed by atoms with Gasteiger partial charge >= 0.3 is 11.8 Å². The molecule has 5 nitrogen and oxygen atoms in total. The zero-order chi connectivity index (χ0) is 16.2. The fraction of sp³-hybridized carbons (Fsp3) is 0.111. The molecule has 0 aliphatic heterocycles. The van der Waals surface area contributed by atoms with Gasteiger partial charge in [-0.15, -0.1) is 0 Å². The van der Waals surface area contributed by atoms with E-state index in [1.165, 1.54) is 0 Å². The molecule has 116 valence electrons. The van der Waals surface area contributed by atoms with Crippen molar-refractivity contribution >= 4 is 28.4 Å². The SMILES string of the molecule is Cc1cc2cc(NC(=O)C(=O)NCc3ccccc3)ccc2[nH]1. The molecule has 2 aromatic carbocycles. The summed E-state index contributed by atoms with van der Waals surface area (Å²) >= 11 is 0. The summed E-state index contributed by atoms with van der Waals surface area (Å²) in [5.41, 5.74) is 3.58. The summed E-state index contributed by atoms with van der Waals surface area (Å²) in [6.07, 6.45) is 0. The van der Waals surface area contributed by atoms with Gasteiger partial charge < -0.3 is 15.6 Å². The van der Waals surface area contributed by atoms with Gasteiger partial charge in [0.05, 0.1) is 0 Å². The quantitative estimate of drug-likeness (QED) is 0.651. The third-order valence-electron chi connectivity index (χ3n) is 3.52. The fourth-order valence-electron chi connectivity index (χ4n) is 2.40. The normalized spacial score (nSPS) is 10.5. The Kier molecular flexibility index (Phi) is 4.10. The van der Waals surface area contributed by atoms with Crippen LogP contribution in [0.1, 0.15) is 11.3 Å². The zero-order valence-corrected chi connectivity index (χ0v) is 12.7. The number of hydrogen-bond donors (Lipinski definition) is 3. The molecule has 5 heteroatoms. The van der Waals surface area contributed by atoms with Crippen molar-refractivity contribution in [3.05, 3.63) is 65.9 Å². The highest BCUT2D eigenvalue weighted by Gasteiger charge is 2.13.